The first-order chi connectivity index (χ1) is 6.36. The SMILES string of the molecule is O=C(Nc1ccn[nH]1)C1CCCC1. The predicted octanol–water partition coefficient (Wildman–Crippen LogP) is 1.54. The smallest absolute Gasteiger partial charge is 0.228 e. The minimum absolute atomic E-state index is 0.127. The summed E-state index contributed by atoms with van der Waals surface area (Å²) >= 11 is 0. The molecule has 1 fully saturated rings. The van der Waals surface area contributed by atoms with Gasteiger partial charge in [-0.25, -0.2) is 0 Å². The van der Waals surface area contributed by atoms with E-state index < -0.39 is 0 Å². The minimum Gasteiger partial charge on any atom is -0.311 e. The number of aromatic nitrogens is 2. The van der Waals surface area contributed by atoms with E-state index in [-0.39, 0.29) is 11.8 Å². The van der Waals surface area contributed by atoms with E-state index in [1.807, 2.05) is 0 Å². The molecule has 4 nitrogen and oxygen atoms in total. The quantitative estimate of drug-likeness (QED) is 0.723. The second-order valence-corrected chi connectivity index (χ2v) is 3.44. The van der Waals surface area contributed by atoms with Crippen LogP contribution in [0.15, 0.2) is 12.3 Å². The van der Waals surface area contributed by atoms with Crippen molar-refractivity contribution in [1.82, 2.24) is 10.2 Å². The summed E-state index contributed by atoms with van der Waals surface area (Å²) in [6.45, 7) is 0. The molecule has 0 spiro atoms. The zero-order valence-corrected chi connectivity index (χ0v) is 7.42. The molecule has 1 aliphatic rings. The lowest BCUT2D eigenvalue weighted by atomic mass is 10.1. The van der Waals surface area contributed by atoms with Crippen molar-refractivity contribution in [1.29, 1.82) is 0 Å². The normalized spacial score (nSPS) is 17.5. The third-order valence-corrected chi connectivity index (χ3v) is 2.48. The third kappa shape index (κ3) is 1.88. The third-order valence-electron chi connectivity index (χ3n) is 2.48. The van der Waals surface area contributed by atoms with Gasteiger partial charge in [0.1, 0.15) is 5.82 Å². The lowest BCUT2D eigenvalue weighted by Gasteiger charge is -2.07. The Morgan fingerprint density at radius 2 is 2.31 bits per heavy atom. The summed E-state index contributed by atoms with van der Waals surface area (Å²) in [5.41, 5.74) is 0. The highest BCUT2D eigenvalue weighted by molar-refractivity contribution is 5.91. The van der Waals surface area contributed by atoms with Crippen LogP contribution in [0.1, 0.15) is 25.7 Å². The molecular formula is C9H13N3O. The van der Waals surface area contributed by atoms with Crippen LogP contribution in [0.2, 0.25) is 0 Å². The molecule has 1 saturated carbocycles. The number of anilines is 1. The number of amides is 1. The number of hydrogen-bond donors (Lipinski definition) is 2. The lowest BCUT2D eigenvalue weighted by molar-refractivity contribution is -0.119. The van der Waals surface area contributed by atoms with Gasteiger partial charge >= 0.3 is 0 Å². The van der Waals surface area contributed by atoms with Gasteiger partial charge in [0.25, 0.3) is 0 Å². The molecule has 0 aromatic carbocycles. The Hall–Kier alpha value is -1.32. The molecule has 2 N–H and O–H groups in total. The summed E-state index contributed by atoms with van der Waals surface area (Å²) in [5.74, 6) is 1.03. The van der Waals surface area contributed by atoms with Crippen LogP contribution in [0.3, 0.4) is 0 Å². The van der Waals surface area contributed by atoms with E-state index in [4.69, 9.17) is 0 Å². The molecule has 1 aromatic heterocycles. The highest BCUT2D eigenvalue weighted by Crippen LogP contribution is 2.25. The van der Waals surface area contributed by atoms with Crippen molar-refractivity contribution in [2.45, 2.75) is 25.7 Å². The van der Waals surface area contributed by atoms with E-state index in [2.05, 4.69) is 15.5 Å². The van der Waals surface area contributed by atoms with Crippen molar-refractivity contribution in [3.8, 4) is 0 Å². The number of carbonyl (C=O) groups is 1. The molecule has 0 unspecified atom stereocenters. The summed E-state index contributed by atoms with van der Waals surface area (Å²) in [5, 5.41) is 9.28. The molecule has 1 aromatic rings. The molecule has 1 heterocycles. The van der Waals surface area contributed by atoms with Crippen molar-refractivity contribution in [2.75, 3.05) is 5.32 Å². The van der Waals surface area contributed by atoms with Crippen molar-refractivity contribution in [3.63, 3.8) is 0 Å². The van der Waals surface area contributed by atoms with Crippen molar-refractivity contribution >= 4 is 11.7 Å². The van der Waals surface area contributed by atoms with Crippen molar-refractivity contribution in [3.05, 3.63) is 12.3 Å². The molecule has 70 valence electrons. The van der Waals surface area contributed by atoms with Gasteiger partial charge in [0, 0.05) is 12.0 Å². The van der Waals surface area contributed by atoms with E-state index in [1.165, 1.54) is 12.8 Å². The fourth-order valence-electron chi connectivity index (χ4n) is 1.75. The number of nitrogens with zero attached hydrogens (tertiary/aromatic N) is 1. The Kier molecular flexibility index (Phi) is 2.29. The van der Waals surface area contributed by atoms with Crippen LogP contribution in [0.4, 0.5) is 5.82 Å². The highest BCUT2D eigenvalue weighted by atomic mass is 16.1. The maximum absolute atomic E-state index is 11.6. The molecule has 1 amide bonds. The predicted molar refractivity (Wildman–Crippen MR) is 49.2 cm³/mol. The maximum Gasteiger partial charge on any atom is 0.228 e. The number of aromatic amines is 1. The van der Waals surface area contributed by atoms with Gasteiger partial charge in [-0.2, -0.15) is 5.10 Å². The largest absolute Gasteiger partial charge is 0.311 e. The second-order valence-electron chi connectivity index (χ2n) is 3.44. The van der Waals surface area contributed by atoms with Gasteiger partial charge in [0.05, 0.1) is 6.20 Å². The summed E-state index contributed by atoms with van der Waals surface area (Å²) < 4.78 is 0. The summed E-state index contributed by atoms with van der Waals surface area (Å²) in [6, 6.07) is 1.76. The van der Waals surface area contributed by atoms with Crippen LogP contribution < -0.4 is 5.32 Å². The van der Waals surface area contributed by atoms with Gasteiger partial charge in [-0.1, -0.05) is 12.8 Å². The molecule has 0 saturated heterocycles. The van der Waals surface area contributed by atoms with Crippen LogP contribution in [-0.2, 0) is 4.79 Å². The number of rotatable bonds is 2. The summed E-state index contributed by atoms with van der Waals surface area (Å²) in [6.07, 6.45) is 6.05. The molecule has 0 radical (unpaired) electrons. The fourth-order valence-corrected chi connectivity index (χ4v) is 1.75. The van der Waals surface area contributed by atoms with Gasteiger partial charge in [-0.05, 0) is 12.8 Å². The van der Waals surface area contributed by atoms with Crippen LogP contribution in [-0.4, -0.2) is 16.1 Å². The lowest BCUT2D eigenvalue weighted by Crippen LogP contribution is -2.20. The first-order valence-corrected chi connectivity index (χ1v) is 4.66. The second kappa shape index (κ2) is 3.60. The molecular weight excluding hydrogens is 166 g/mol. The average Bonchev–Trinajstić information content (AvgIpc) is 2.74. The Morgan fingerprint density at radius 1 is 1.54 bits per heavy atom. The number of hydrogen-bond acceptors (Lipinski definition) is 2. The zero-order chi connectivity index (χ0) is 9.10. The molecule has 2 rings (SSSR count). The van der Waals surface area contributed by atoms with Gasteiger partial charge in [0.2, 0.25) is 5.91 Å². The minimum atomic E-state index is 0.127. The van der Waals surface area contributed by atoms with Gasteiger partial charge in [-0.15, -0.1) is 0 Å². The fraction of sp³-hybridized carbons (Fsp3) is 0.556. The Labute approximate surface area is 76.7 Å². The van der Waals surface area contributed by atoms with E-state index in [0.29, 0.717) is 5.82 Å². The Bertz CT molecular complexity index is 275. The van der Waals surface area contributed by atoms with Crippen LogP contribution >= 0.6 is 0 Å². The molecule has 13 heavy (non-hydrogen) atoms. The monoisotopic (exact) mass is 179 g/mol. The van der Waals surface area contributed by atoms with Crippen molar-refractivity contribution < 1.29 is 4.79 Å². The number of H-pyrrole nitrogens is 1. The molecule has 1 aliphatic carbocycles. The first kappa shape index (κ1) is 8.29. The zero-order valence-electron chi connectivity index (χ0n) is 7.42. The molecule has 0 bridgehead atoms. The molecule has 4 heteroatoms. The average molecular weight is 179 g/mol. The van der Waals surface area contributed by atoms with Crippen LogP contribution in [0.25, 0.3) is 0 Å². The molecule has 0 atom stereocenters. The van der Waals surface area contributed by atoms with Gasteiger partial charge < -0.3 is 5.32 Å². The van der Waals surface area contributed by atoms with E-state index >= 15 is 0 Å². The number of carbonyl (C=O) groups excluding carboxylic acids is 1. The van der Waals surface area contributed by atoms with E-state index in [9.17, 15) is 4.79 Å². The van der Waals surface area contributed by atoms with Gasteiger partial charge in [0.15, 0.2) is 0 Å². The van der Waals surface area contributed by atoms with Crippen LogP contribution in [0, 0.1) is 5.92 Å². The number of nitrogens with one attached hydrogen (secondary N) is 2. The Morgan fingerprint density at radius 3 is 2.92 bits per heavy atom. The maximum atomic E-state index is 11.6. The van der Waals surface area contributed by atoms with Gasteiger partial charge in [-0.3, -0.25) is 9.89 Å². The standard InChI is InChI=1S/C9H13N3O/c13-9(7-3-1-2-4-7)11-8-5-6-10-12-8/h5-7H,1-4H2,(H2,10,11,12,13). The Balaban J connectivity index is 1.91. The highest BCUT2D eigenvalue weighted by Gasteiger charge is 2.22. The topological polar surface area (TPSA) is 57.8 Å². The summed E-state index contributed by atoms with van der Waals surface area (Å²) in [4.78, 5) is 11.6. The molecule has 0 aliphatic heterocycles. The van der Waals surface area contributed by atoms with Crippen LogP contribution in [0.5, 0.6) is 0 Å². The van der Waals surface area contributed by atoms with E-state index in [0.717, 1.165) is 12.8 Å². The van der Waals surface area contributed by atoms with Crippen molar-refractivity contribution in [2.24, 2.45) is 5.92 Å². The first-order valence-electron chi connectivity index (χ1n) is 4.66. The van der Waals surface area contributed by atoms with E-state index in [1.54, 1.807) is 12.3 Å². The summed E-state index contributed by atoms with van der Waals surface area (Å²) in [7, 11) is 0.